The number of rotatable bonds is 9. The Kier molecular flexibility index (Phi) is 9.94. The monoisotopic (exact) mass is 594 g/mol. The molecule has 0 saturated carbocycles. The Morgan fingerprint density at radius 2 is 1.60 bits per heavy atom. The lowest BCUT2D eigenvalue weighted by Gasteiger charge is -2.38. The molecule has 1 aliphatic heterocycles. The number of esters is 1. The van der Waals surface area contributed by atoms with Crippen molar-refractivity contribution in [3.63, 3.8) is 0 Å². The minimum absolute atomic E-state index is 0.0864. The molecule has 2 aromatic rings. The van der Waals surface area contributed by atoms with Crippen molar-refractivity contribution in [1.29, 1.82) is 0 Å². The molecule has 1 aliphatic rings. The van der Waals surface area contributed by atoms with Gasteiger partial charge >= 0.3 is 18.2 Å². The first-order valence-corrected chi connectivity index (χ1v) is 13.4. The van der Waals surface area contributed by atoms with Crippen LogP contribution in [-0.4, -0.2) is 66.2 Å². The summed E-state index contributed by atoms with van der Waals surface area (Å²) in [4.78, 5) is 41.1. The Hall–Kier alpha value is -3.64. The lowest BCUT2D eigenvalue weighted by Crippen LogP contribution is -2.62. The van der Waals surface area contributed by atoms with Gasteiger partial charge in [0.2, 0.25) is 0 Å². The molecule has 0 aromatic heterocycles. The number of methoxy groups -OCH3 is 1. The Labute approximate surface area is 243 Å². The van der Waals surface area contributed by atoms with Crippen LogP contribution in [0.4, 0.5) is 18.0 Å². The van der Waals surface area contributed by atoms with Crippen LogP contribution < -0.4 is 5.32 Å². The number of halogens is 3. The van der Waals surface area contributed by atoms with E-state index < -0.39 is 65.1 Å². The van der Waals surface area contributed by atoms with E-state index in [1.54, 1.807) is 65.0 Å². The molecule has 0 bridgehead atoms. The Morgan fingerprint density at radius 3 is 2.12 bits per heavy atom. The SMILES string of the molecule is CO[C@](C(=O)N[C@@H](CC(=O)OC(C)(C)C)[C@@H]1COC(C)(C)N1C(=O)OCc1ccccc1)(c1ccccc1)C(F)(F)F. The molecular weight excluding hydrogens is 557 g/mol. The van der Waals surface area contributed by atoms with Crippen molar-refractivity contribution in [2.45, 2.75) is 82.8 Å². The van der Waals surface area contributed by atoms with Crippen LogP contribution in [0.3, 0.4) is 0 Å². The van der Waals surface area contributed by atoms with Crippen molar-refractivity contribution in [3.8, 4) is 0 Å². The highest BCUT2D eigenvalue weighted by Crippen LogP contribution is 2.42. The van der Waals surface area contributed by atoms with Crippen LogP contribution in [0.15, 0.2) is 60.7 Å². The molecular formula is C30H37F3N2O7. The van der Waals surface area contributed by atoms with Gasteiger partial charge in [0.15, 0.2) is 0 Å². The molecule has 1 heterocycles. The van der Waals surface area contributed by atoms with Crippen LogP contribution in [0.25, 0.3) is 0 Å². The number of ether oxygens (including phenoxy) is 4. The van der Waals surface area contributed by atoms with E-state index in [0.29, 0.717) is 5.56 Å². The standard InChI is InChI=1S/C30H37F3N2O7/c1-27(2,3)42-24(36)17-22(34-25(37)29(39-6,30(31,32)33)21-15-11-8-12-16-21)23-19-41-28(4,5)35(23)26(38)40-18-20-13-9-7-10-14-20/h7-16,22-23H,17-19H2,1-6H3,(H,34,37)/t22-,23-,29-/m0/s1. The Bertz CT molecular complexity index is 1230. The number of nitrogens with one attached hydrogen (secondary N) is 1. The molecule has 0 radical (unpaired) electrons. The molecule has 12 heteroatoms. The van der Waals surface area contributed by atoms with Gasteiger partial charge < -0.3 is 24.3 Å². The number of hydrogen-bond donors (Lipinski definition) is 1. The maximum Gasteiger partial charge on any atom is 0.430 e. The topological polar surface area (TPSA) is 103 Å². The summed E-state index contributed by atoms with van der Waals surface area (Å²) in [6, 6.07) is 12.8. The molecule has 0 unspecified atom stereocenters. The highest BCUT2D eigenvalue weighted by molar-refractivity contribution is 5.88. The van der Waals surface area contributed by atoms with Gasteiger partial charge in [-0.2, -0.15) is 13.2 Å². The fraction of sp³-hybridized carbons (Fsp3) is 0.500. The van der Waals surface area contributed by atoms with Gasteiger partial charge in [-0.25, -0.2) is 4.79 Å². The lowest BCUT2D eigenvalue weighted by molar-refractivity contribution is -0.266. The minimum atomic E-state index is -5.19. The van der Waals surface area contributed by atoms with Gasteiger partial charge in [-0.15, -0.1) is 0 Å². The van der Waals surface area contributed by atoms with Crippen molar-refractivity contribution in [2.75, 3.05) is 13.7 Å². The molecule has 230 valence electrons. The second-order valence-corrected chi connectivity index (χ2v) is 11.4. The number of hydrogen-bond acceptors (Lipinski definition) is 7. The fourth-order valence-electron chi connectivity index (χ4n) is 4.81. The molecule has 9 nitrogen and oxygen atoms in total. The van der Waals surface area contributed by atoms with Gasteiger partial charge in [0, 0.05) is 12.7 Å². The third-order valence-corrected chi connectivity index (χ3v) is 6.71. The molecule has 42 heavy (non-hydrogen) atoms. The maximum atomic E-state index is 14.6. The molecule has 0 spiro atoms. The van der Waals surface area contributed by atoms with Crippen molar-refractivity contribution in [2.24, 2.45) is 0 Å². The summed E-state index contributed by atoms with van der Waals surface area (Å²) >= 11 is 0. The molecule has 1 N–H and O–H groups in total. The maximum absolute atomic E-state index is 14.6. The first kappa shape index (κ1) is 32.9. The number of amides is 2. The average molecular weight is 595 g/mol. The smallest absolute Gasteiger partial charge is 0.430 e. The highest BCUT2D eigenvalue weighted by atomic mass is 19.4. The fourth-order valence-corrected chi connectivity index (χ4v) is 4.81. The van der Waals surface area contributed by atoms with E-state index in [9.17, 15) is 27.6 Å². The number of carbonyl (C=O) groups is 3. The van der Waals surface area contributed by atoms with Crippen LogP contribution in [0.2, 0.25) is 0 Å². The molecule has 3 rings (SSSR count). The summed E-state index contributed by atoms with van der Waals surface area (Å²) in [5.41, 5.74) is -5.37. The first-order chi connectivity index (χ1) is 19.5. The molecule has 0 aliphatic carbocycles. The average Bonchev–Trinajstić information content (AvgIpc) is 3.21. The van der Waals surface area contributed by atoms with Gasteiger partial charge in [-0.05, 0) is 40.2 Å². The third kappa shape index (κ3) is 7.40. The van der Waals surface area contributed by atoms with E-state index in [1.165, 1.54) is 23.1 Å². The largest absolute Gasteiger partial charge is 0.460 e. The minimum Gasteiger partial charge on any atom is -0.460 e. The summed E-state index contributed by atoms with van der Waals surface area (Å²) in [6.07, 6.45) is -6.60. The third-order valence-electron chi connectivity index (χ3n) is 6.71. The number of carbonyl (C=O) groups excluding carboxylic acids is 3. The van der Waals surface area contributed by atoms with Gasteiger partial charge in [-0.1, -0.05) is 60.7 Å². The second-order valence-electron chi connectivity index (χ2n) is 11.4. The predicted molar refractivity (Wildman–Crippen MR) is 146 cm³/mol. The lowest BCUT2D eigenvalue weighted by atomic mass is 9.90. The van der Waals surface area contributed by atoms with Crippen molar-refractivity contribution in [1.82, 2.24) is 10.2 Å². The predicted octanol–water partition coefficient (Wildman–Crippen LogP) is 5.08. The first-order valence-electron chi connectivity index (χ1n) is 13.4. The van der Waals surface area contributed by atoms with Crippen LogP contribution in [0.1, 0.15) is 52.2 Å². The summed E-state index contributed by atoms with van der Waals surface area (Å²) < 4.78 is 65.5. The zero-order valence-electron chi connectivity index (χ0n) is 24.5. The van der Waals surface area contributed by atoms with Crippen LogP contribution >= 0.6 is 0 Å². The molecule has 1 fully saturated rings. The van der Waals surface area contributed by atoms with Crippen LogP contribution in [0, 0.1) is 0 Å². The molecule has 3 atom stereocenters. The number of nitrogens with zero attached hydrogens (tertiary/aromatic N) is 1. The Balaban J connectivity index is 1.99. The van der Waals surface area contributed by atoms with Crippen molar-refractivity contribution < 1.29 is 46.5 Å². The zero-order valence-corrected chi connectivity index (χ0v) is 24.5. The van der Waals surface area contributed by atoms with Crippen LogP contribution in [-0.2, 0) is 40.7 Å². The van der Waals surface area contributed by atoms with E-state index in [4.69, 9.17) is 18.9 Å². The molecule has 2 amide bonds. The second kappa shape index (κ2) is 12.7. The summed E-state index contributed by atoms with van der Waals surface area (Å²) in [6.45, 7) is 7.73. The van der Waals surface area contributed by atoms with E-state index in [1.807, 2.05) is 0 Å². The summed E-state index contributed by atoms with van der Waals surface area (Å²) in [5, 5.41) is 2.35. The quantitative estimate of drug-likeness (QED) is 0.404. The van der Waals surface area contributed by atoms with Gasteiger partial charge in [0.1, 0.15) is 17.9 Å². The summed E-state index contributed by atoms with van der Waals surface area (Å²) in [7, 11) is 0.776. The van der Waals surface area contributed by atoms with E-state index in [2.05, 4.69) is 5.32 Å². The molecule has 1 saturated heterocycles. The van der Waals surface area contributed by atoms with Gasteiger partial charge in [-0.3, -0.25) is 14.5 Å². The Morgan fingerprint density at radius 1 is 1.02 bits per heavy atom. The van der Waals surface area contributed by atoms with Gasteiger partial charge in [0.25, 0.3) is 11.5 Å². The zero-order chi connectivity index (χ0) is 31.3. The molecule has 2 aromatic carbocycles. The van der Waals surface area contributed by atoms with E-state index >= 15 is 0 Å². The summed E-state index contributed by atoms with van der Waals surface area (Å²) in [5.74, 6) is -2.37. The van der Waals surface area contributed by atoms with Gasteiger partial charge in [0.05, 0.1) is 25.1 Å². The van der Waals surface area contributed by atoms with Crippen molar-refractivity contribution >= 4 is 18.0 Å². The number of benzene rings is 2. The number of alkyl halides is 3. The normalized spacial score (nSPS) is 19.0. The highest BCUT2D eigenvalue weighted by Gasteiger charge is 2.63. The van der Waals surface area contributed by atoms with E-state index in [0.717, 1.165) is 19.2 Å². The van der Waals surface area contributed by atoms with Crippen LogP contribution in [0.5, 0.6) is 0 Å². The van der Waals surface area contributed by atoms with E-state index in [-0.39, 0.29) is 13.2 Å². The van der Waals surface area contributed by atoms with Crippen molar-refractivity contribution in [3.05, 3.63) is 71.8 Å².